The number of aliphatic hydroxyl groups is 1. The number of nitrogens with zero attached hydrogens (tertiary/aromatic N) is 1. The van der Waals surface area contributed by atoms with Crippen LogP contribution in [0.2, 0.25) is 0 Å². The fraction of sp³-hybridized carbons (Fsp3) is 0.444. The Morgan fingerprint density at radius 1 is 1.33 bits per heavy atom. The van der Waals surface area contributed by atoms with Crippen molar-refractivity contribution in [3.8, 4) is 0 Å². The molecule has 0 radical (unpaired) electrons. The second-order valence-corrected chi connectivity index (χ2v) is 3.83. The average molecular weight is 278 g/mol. The molecule has 1 heterocycles. The molecule has 1 atom stereocenters. The third-order valence-corrected chi connectivity index (χ3v) is 3.61. The van der Waals surface area contributed by atoms with Gasteiger partial charge in [0.25, 0.3) is 0 Å². The summed E-state index contributed by atoms with van der Waals surface area (Å²) >= 11 is 2.29. The summed E-state index contributed by atoms with van der Waals surface area (Å²) in [7, 11) is 0. The Balaban J connectivity index is 2.95. The van der Waals surface area contributed by atoms with Crippen LogP contribution in [0, 0.1) is 0 Å². The van der Waals surface area contributed by atoms with E-state index < -0.39 is 0 Å². The molecule has 3 heteroatoms. The molecule has 1 aromatic rings. The molecular weight excluding hydrogens is 265 g/mol. The Labute approximate surface area is 86.4 Å². The minimum Gasteiger partial charge on any atom is -0.389 e. The van der Waals surface area contributed by atoms with Gasteiger partial charge in [0.15, 0.2) is 17.9 Å². The van der Waals surface area contributed by atoms with Crippen molar-refractivity contribution < 1.29 is 9.67 Å². The molecule has 0 spiro atoms. The Hall–Kier alpha value is -0.160. The summed E-state index contributed by atoms with van der Waals surface area (Å²) in [5.41, 5.74) is -0.165. The number of hydrogen-bond acceptors (Lipinski definition) is 1. The molecule has 2 nitrogen and oxygen atoms in total. The van der Waals surface area contributed by atoms with Crippen molar-refractivity contribution in [1.29, 1.82) is 0 Å². The van der Waals surface area contributed by atoms with E-state index in [0.29, 0.717) is 0 Å². The van der Waals surface area contributed by atoms with E-state index in [1.54, 1.807) is 0 Å². The Morgan fingerprint density at radius 2 is 1.92 bits per heavy atom. The highest BCUT2D eigenvalue weighted by Gasteiger charge is 2.31. The summed E-state index contributed by atoms with van der Waals surface area (Å²) in [6, 6.07) is 5.92. The van der Waals surface area contributed by atoms with Crippen LogP contribution in [-0.2, 0) is 5.54 Å². The zero-order chi connectivity index (χ0) is 9.03. The summed E-state index contributed by atoms with van der Waals surface area (Å²) in [6.07, 6.45) is 3.96. The summed E-state index contributed by atoms with van der Waals surface area (Å²) < 4.78 is 2.94. The van der Waals surface area contributed by atoms with Gasteiger partial charge in [0, 0.05) is 19.1 Å². The molecule has 1 rings (SSSR count). The second-order valence-electron chi connectivity index (χ2n) is 3.07. The highest BCUT2D eigenvalue weighted by atomic mass is 127. The first-order chi connectivity index (χ1) is 5.73. The molecule has 0 aromatic carbocycles. The minimum atomic E-state index is -0.165. The average Bonchev–Trinajstić information content (AvgIpc) is 2.18. The van der Waals surface area contributed by atoms with Crippen LogP contribution in [-0.4, -0.2) is 16.1 Å². The number of hydrogen-bond donors (Lipinski definition) is 1. The van der Waals surface area contributed by atoms with Crippen molar-refractivity contribution in [2.24, 2.45) is 0 Å². The lowest BCUT2D eigenvalue weighted by atomic mass is 10.1. The van der Waals surface area contributed by atoms with Crippen molar-refractivity contribution in [2.45, 2.75) is 12.5 Å². The van der Waals surface area contributed by atoms with E-state index in [4.69, 9.17) is 0 Å². The van der Waals surface area contributed by atoms with E-state index in [2.05, 4.69) is 22.6 Å². The lowest BCUT2D eigenvalue weighted by Gasteiger charge is -2.18. The topological polar surface area (TPSA) is 24.1 Å². The summed E-state index contributed by atoms with van der Waals surface area (Å²) in [5, 5.41) is 9.21. The number of aromatic nitrogens is 1. The lowest BCUT2D eigenvalue weighted by Crippen LogP contribution is -2.57. The summed E-state index contributed by atoms with van der Waals surface area (Å²) in [6.45, 7) is 2.21. The van der Waals surface area contributed by atoms with E-state index in [1.807, 2.05) is 42.1 Å². The van der Waals surface area contributed by atoms with E-state index >= 15 is 0 Å². The summed E-state index contributed by atoms with van der Waals surface area (Å²) in [4.78, 5) is 0. The maximum absolute atomic E-state index is 9.21. The second kappa shape index (κ2) is 4.18. The maximum atomic E-state index is 9.21. The SMILES string of the molecule is CC(CO)(CI)[n+]1ccccc1. The Morgan fingerprint density at radius 3 is 2.33 bits per heavy atom. The van der Waals surface area contributed by atoms with Gasteiger partial charge in [-0.1, -0.05) is 28.7 Å². The van der Waals surface area contributed by atoms with E-state index in [1.165, 1.54) is 0 Å². The molecule has 1 aromatic heterocycles. The largest absolute Gasteiger partial charge is 0.389 e. The van der Waals surface area contributed by atoms with E-state index in [0.717, 1.165) is 4.43 Å². The first-order valence-corrected chi connectivity index (χ1v) is 5.39. The lowest BCUT2D eigenvalue weighted by molar-refractivity contribution is -0.757. The molecule has 0 saturated heterocycles. The van der Waals surface area contributed by atoms with Crippen LogP contribution < -0.4 is 4.57 Å². The van der Waals surface area contributed by atoms with Crippen LogP contribution in [0.4, 0.5) is 0 Å². The van der Waals surface area contributed by atoms with Crippen LogP contribution in [0.25, 0.3) is 0 Å². The monoisotopic (exact) mass is 278 g/mol. The highest BCUT2D eigenvalue weighted by molar-refractivity contribution is 14.1. The van der Waals surface area contributed by atoms with Gasteiger partial charge in [0.05, 0.1) is 4.43 Å². The van der Waals surface area contributed by atoms with Crippen LogP contribution in [0.3, 0.4) is 0 Å². The Bertz CT molecular complexity index is 234. The van der Waals surface area contributed by atoms with Crippen LogP contribution in [0.5, 0.6) is 0 Å². The smallest absolute Gasteiger partial charge is 0.196 e. The molecule has 0 saturated carbocycles. The fourth-order valence-electron chi connectivity index (χ4n) is 0.951. The van der Waals surface area contributed by atoms with Gasteiger partial charge in [-0.15, -0.1) is 0 Å². The minimum absolute atomic E-state index is 0.165. The zero-order valence-corrected chi connectivity index (χ0v) is 9.23. The third kappa shape index (κ3) is 1.95. The van der Waals surface area contributed by atoms with Gasteiger partial charge in [-0.25, -0.2) is 0 Å². The number of pyridine rings is 1. The predicted octanol–water partition coefficient (Wildman–Crippen LogP) is 1.12. The quantitative estimate of drug-likeness (QED) is 0.500. The van der Waals surface area contributed by atoms with Gasteiger partial charge >= 0.3 is 0 Å². The molecule has 1 N–H and O–H groups in total. The van der Waals surface area contributed by atoms with Crippen molar-refractivity contribution in [3.05, 3.63) is 30.6 Å². The van der Waals surface area contributed by atoms with Gasteiger partial charge < -0.3 is 5.11 Å². The van der Waals surface area contributed by atoms with Gasteiger partial charge in [-0.05, 0) is 0 Å². The van der Waals surface area contributed by atoms with Crippen molar-refractivity contribution in [3.63, 3.8) is 0 Å². The van der Waals surface area contributed by atoms with E-state index in [-0.39, 0.29) is 12.1 Å². The third-order valence-electron chi connectivity index (χ3n) is 1.97. The molecule has 0 bridgehead atoms. The van der Waals surface area contributed by atoms with Gasteiger partial charge in [0.2, 0.25) is 0 Å². The van der Waals surface area contributed by atoms with Crippen molar-refractivity contribution >= 4 is 22.6 Å². The van der Waals surface area contributed by atoms with E-state index in [9.17, 15) is 5.11 Å². The Kier molecular flexibility index (Phi) is 3.46. The molecule has 0 aliphatic carbocycles. The van der Waals surface area contributed by atoms with Crippen LogP contribution in [0.15, 0.2) is 30.6 Å². The van der Waals surface area contributed by atoms with Crippen LogP contribution >= 0.6 is 22.6 Å². The molecule has 0 fully saturated rings. The van der Waals surface area contributed by atoms with Gasteiger partial charge in [-0.3, -0.25) is 0 Å². The number of rotatable bonds is 3. The van der Waals surface area contributed by atoms with Gasteiger partial charge in [-0.2, -0.15) is 4.57 Å². The molecule has 0 aliphatic rings. The molecule has 66 valence electrons. The molecule has 12 heavy (non-hydrogen) atoms. The predicted molar refractivity (Wildman–Crippen MR) is 56.3 cm³/mol. The molecular formula is C9H13INO+. The number of alkyl halides is 1. The first-order valence-electron chi connectivity index (χ1n) is 3.86. The molecule has 0 amide bonds. The maximum Gasteiger partial charge on any atom is 0.196 e. The highest BCUT2D eigenvalue weighted by Crippen LogP contribution is 2.09. The summed E-state index contributed by atoms with van der Waals surface area (Å²) in [5.74, 6) is 0. The zero-order valence-electron chi connectivity index (χ0n) is 7.07. The van der Waals surface area contributed by atoms with Crippen molar-refractivity contribution in [2.75, 3.05) is 11.0 Å². The van der Waals surface area contributed by atoms with Crippen molar-refractivity contribution in [1.82, 2.24) is 0 Å². The molecule has 0 aliphatic heterocycles. The van der Waals surface area contributed by atoms with Crippen LogP contribution in [0.1, 0.15) is 6.92 Å². The van der Waals surface area contributed by atoms with Gasteiger partial charge in [0.1, 0.15) is 6.61 Å². The number of halogens is 1. The standard InChI is InChI=1S/C9H13INO/c1-9(7-10,8-12)11-5-3-2-4-6-11/h2-6,12H,7-8H2,1H3/q+1. The first kappa shape index (κ1) is 9.92. The normalized spacial score (nSPS) is 15.6. The molecule has 1 unspecified atom stereocenters. The number of aliphatic hydroxyl groups excluding tert-OH is 1. The fourth-order valence-corrected chi connectivity index (χ4v) is 1.59.